The first-order valence-electron chi connectivity index (χ1n) is 18.4. The summed E-state index contributed by atoms with van der Waals surface area (Å²) in [5, 5.41) is 64.0. The zero-order chi connectivity index (χ0) is 38.8. The maximum atomic E-state index is 13.5. The number of aliphatic hydroxyl groups excluding tert-OH is 5. The average Bonchev–Trinajstić information content (AvgIpc) is 3.45. The Morgan fingerprint density at radius 1 is 0.764 bits per heavy atom. The second kappa shape index (κ2) is 16.6. The van der Waals surface area contributed by atoms with Crippen LogP contribution in [0, 0.1) is 5.82 Å². The summed E-state index contributed by atoms with van der Waals surface area (Å²) in [5.74, 6) is -0.270. The van der Waals surface area contributed by atoms with Gasteiger partial charge in [0.05, 0.1) is 24.8 Å². The molecule has 8 atom stereocenters. The number of phenolic OH excluding ortho intramolecular Hbond substituents is 1. The molecule has 0 saturated carbocycles. The second-order valence-corrected chi connectivity index (χ2v) is 14.7. The predicted molar refractivity (Wildman–Crippen MR) is 213 cm³/mol. The number of aromatic hydroxyl groups is 1. The third kappa shape index (κ3) is 7.87. The fraction of sp³-hybridized carbons (Fsp3) is 0.295. The third-order valence-corrected chi connectivity index (χ3v) is 11.4. The number of thiocarbonyl (C=S) groups is 1. The summed E-state index contributed by atoms with van der Waals surface area (Å²) in [6.07, 6.45) is -5.27. The van der Waals surface area contributed by atoms with Crippen molar-refractivity contribution in [2.75, 3.05) is 18.6 Å². The molecule has 2 saturated heterocycles. The Bertz CT molecular complexity index is 2070. The molecule has 0 aromatic heterocycles. The normalized spacial score (nSPS) is 24.6. The molecule has 5 aromatic rings. The number of hydrogen-bond donors (Lipinski definition) is 6. The van der Waals surface area contributed by atoms with E-state index in [2.05, 4.69) is 34.1 Å². The summed E-state index contributed by atoms with van der Waals surface area (Å²) in [6.45, 7) is -0.512. The summed E-state index contributed by atoms with van der Waals surface area (Å²) in [4.78, 5) is 4.13. The van der Waals surface area contributed by atoms with Gasteiger partial charge in [-0.05, 0) is 95.2 Å². The van der Waals surface area contributed by atoms with Crippen LogP contribution in [-0.4, -0.2) is 84.8 Å². The smallest absolute Gasteiger partial charge is 0.176 e. The summed E-state index contributed by atoms with van der Waals surface area (Å²) in [5.41, 5.74) is 6.47. The lowest BCUT2D eigenvalue weighted by atomic mass is 9.89. The molecular weight excluding hydrogens is 720 g/mol. The quantitative estimate of drug-likeness (QED) is 0.0836. The standard InChI is InChI=1S/C44H45FN2O7S/c1-46-35(8-5-9-36(49)29-14-19-32(45)20-15-29)39(47(44(46)55)33-21-16-27(17-22-33)26-6-3-2-4-7-26)34-23-18-31(24-37(34)50)28-10-12-30(13-11-28)43-42(53)41(52)40(51)38(25-48)54-43/h2-4,6-7,10-24,35-36,38-43,48-53H,5,8-9,25H2,1H3/t35-,36?,38-,39-,40-,41+,42-,43+/m1/s1. The van der Waals surface area contributed by atoms with Crippen molar-refractivity contribution in [1.82, 2.24) is 4.90 Å². The van der Waals surface area contributed by atoms with Gasteiger partial charge in [0.2, 0.25) is 0 Å². The molecule has 0 amide bonds. The molecule has 6 N–H and O–H groups in total. The minimum atomic E-state index is -1.48. The number of hydrogen-bond acceptors (Lipinski definition) is 8. The van der Waals surface area contributed by atoms with Crippen LogP contribution in [0.1, 0.15) is 54.2 Å². The molecule has 0 spiro atoms. The molecule has 2 fully saturated rings. The van der Waals surface area contributed by atoms with Crippen LogP contribution >= 0.6 is 12.2 Å². The highest BCUT2D eigenvalue weighted by atomic mass is 32.1. The molecule has 9 nitrogen and oxygen atoms in total. The first-order chi connectivity index (χ1) is 26.5. The van der Waals surface area contributed by atoms with E-state index in [0.29, 0.717) is 41.1 Å². The van der Waals surface area contributed by atoms with E-state index in [1.807, 2.05) is 61.6 Å². The topological polar surface area (TPSA) is 137 Å². The molecule has 0 aliphatic carbocycles. The van der Waals surface area contributed by atoms with Gasteiger partial charge < -0.3 is 45.2 Å². The number of rotatable bonds is 11. The van der Waals surface area contributed by atoms with Crippen LogP contribution in [-0.2, 0) is 4.74 Å². The molecule has 2 aliphatic heterocycles. The summed E-state index contributed by atoms with van der Waals surface area (Å²) >= 11 is 6.08. The van der Waals surface area contributed by atoms with Crippen LogP contribution in [0.25, 0.3) is 22.3 Å². The number of aliphatic hydroxyl groups is 5. The van der Waals surface area contributed by atoms with Crippen molar-refractivity contribution in [2.24, 2.45) is 0 Å². The van der Waals surface area contributed by atoms with Crippen LogP contribution in [0.3, 0.4) is 0 Å². The Morgan fingerprint density at radius 3 is 2.04 bits per heavy atom. The van der Waals surface area contributed by atoms with E-state index in [0.717, 1.165) is 27.9 Å². The van der Waals surface area contributed by atoms with E-state index >= 15 is 0 Å². The van der Waals surface area contributed by atoms with Crippen LogP contribution < -0.4 is 4.90 Å². The van der Waals surface area contributed by atoms with E-state index < -0.39 is 43.2 Å². The zero-order valence-electron chi connectivity index (χ0n) is 30.3. The number of ether oxygens (including phenoxy) is 1. The van der Waals surface area contributed by atoms with Gasteiger partial charge in [0.1, 0.15) is 42.1 Å². The third-order valence-electron chi connectivity index (χ3n) is 10.9. The summed E-state index contributed by atoms with van der Waals surface area (Å²) in [7, 11) is 1.96. The first-order valence-corrected chi connectivity index (χ1v) is 18.9. The van der Waals surface area contributed by atoms with Crippen molar-refractivity contribution in [3.63, 3.8) is 0 Å². The van der Waals surface area contributed by atoms with Crippen molar-refractivity contribution >= 4 is 23.0 Å². The van der Waals surface area contributed by atoms with Crippen molar-refractivity contribution in [3.05, 3.63) is 144 Å². The fourth-order valence-corrected chi connectivity index (χ4v) is 8.17. The number of benzene rings is 5. The zero-order valence-corrected chi connectivity index (χ0v) is 31.1. The summed E-state index contributed by atoms with van der Waals surface area (Å²) in [6, 6.07) is 36.4. The molecule has 2 aliphatic rings. The highest BCUT2D eigenvalue weighted by Crippen LogP contribution is 2.45. The van der Waals surface area contributed by atoms with Gasteiger partial charge >= 0.3 is 0 Å². The monoisotopic (exact) mass is 764 g/mol. The van der Waals surface area contributed by atoms with Gasteiger partial charge in [-0.1, -0.05) is 91.0 Å². The second-order valence-electron chi connectivity index (χ2n) is 14.3. The number of anilines is 1. The van der Waals surface area contributed by atoms with Crippen LogP contribution in [0.5, 0.6) is 5.75 Å². The number of halogens is 1. The van der Waals surface area contributed by atoms with Gasteiger partial charge in [-0.15, -0.1) is 0 Å². The molecule has 0 bridgehead atoms. The van der Waals surface area contributed by atoms with Crippen LogP contribution in [0.15, 0.2) is 121 Å². The Kier molecular flexibility index (Phi) is 11.6. The number of likely N-dealkylation sites (N-methyl/N-ethyl adjacent to an activating group) is 1. The van der Waals surface area contributed by atoms with Crippen molar-refractivity contribution in [3.8, 4) is 28.0 Å². The minimum absolute atomic E-state index is 0.0841. The Hall–Kier alpha value is -4.72. The fourth-order valence-electron chi connectivity index (χ4n) is 7.82. The maximum absolute atomic E-state index is 13.5. The number of nitrogens with zero attached hydrogens (tertiary/aromatic N) is 2. The highest BCUT2D eigenvalue weighted by molar-refractivity contribution is 7.80. The maximum Gasteiger partial charge on any atom is 0.176 e. The minimum Gasteiger partial charge on any atom is -0.508 e. The average molecular weight is 765 g/mol. The first kappa shape index (κ1) is 38.6. The Balaban J connectivity index is 1.17. The molecule has 0 radical (unpaired) electrons. The van der Waals surface area contributed by atoms with E-state index in [1.54, 1.807) is 30.3 Å². The predicted octanol–water partition coefficient (Wildman–Crippen LogP) is 6.43. The van der Waals surface area contributed by atoms with Gasteiger partial charge in [-0.2, -0.15) is 0 Å². The lowest BCUT2D eigenvalue weighted by Crippen LogP contribution is -2.55. The Labute approximate surface area is 325 Å². The largest absolute Gasteiger partial charge is 0.508 e. The van der Waals surface area contributed by atoms with Gasteiger partial charge in [0, 0.05) is 18.3 Å². The molecule has 55 heavy (non-hydrogen) atoms. The molecule has 5 aromatic carbocycles. The van der Waals surface area contributed by atoms with E-state index in [9.17, 15) is 35.0 Å². The molecular formula is C44H45FN2O7S. The molecule has 7 rings (SSSR count). The molecule has 11 heteroatoms. The SMILES string of the molecule is CN1C(=S)N(c2ccc(-c3ccccc3)cc2)[C@H](c2ccc(-c3ccc([C@@H]4O[C@H](CO)[C@@H](O)[C@H](O)[C@H]4O)cc3)cc2O)[C@H]1CCCC(O)c1ccc(F)cc1. The lowest BCUT2D eigenvalue weighted by Gasteiger charge is -2.40. The van der Waals surface area contributed by atoms with Gasteiger partial charge in [0.15, 0.2) is 5.11 Å². The van der Waals surface area contributed by atoms with Gasteiger partial charge in [0.25, 0.3) is 0 Å². The van der Waals surface area contributed by atoms with Crippen LogP contribution in [0.2, 0.25) is 0 Å². The Morgan fingerprint density at radius 2 is 1.38 bits per heavy atom. The summed E-state index contributed by atoms with van der Waals surface area (Å²) < 4.78 is 19.2. The molecule has 2 heterocycles. The molecule has 286 valence electrons. The lowest BCUT2D eigenvalue weighted by molar-refractivity contribution is -0.231. The van der Waals surface area contributed by atoms with Crippen molar-refractivity contribution in [1.29, 1.82) is 0 Å². The van der Waals surface area contributed by atoms with Crippen LogP contribution in [0.4, 0.5) is 10.1 Å². The van der Waals surface area contributed by atoms with E-state index in [4.69, 9.17) is 17.0 Å². The number of phenols is 1. The molecule has 1 unspecified atom stereocenters. The highest BCUT2D eigenvalue weighted by Gasteiger charge is 2.45. The van der Waals surface area contributed by atoms with Crippen molar-refractivity contribution < 1.29 is 39.8 Å². The van der Waals surface area contributed by atoms with Crippen molar-refractivity contribution in [2.45, 2.75) is 68.0 Å². The van der Waals surface area contributed by atoms with E-state index in [-0.39, 0.29) is 23.7 Å². The van der Waals surface area contributed by atoms with Gasteiger partial charge in [-0.3, -0.25) is 0 Å². The van der Waals surface area contributed by atoms with E-state index in [1.165, 1.54) is 12.1 Å². The van der Waals surface area contributed by atoms with Gasteiger partial charge in [-0.25, -0.2) is 4.39 Å².